The lowest BCUT2D eigenvalue weighted by Gasteiger charge is -2.11. The SMILES string of the molecule is Cc1ccc(Br)cc1Oc1c(N)cncc1Cl. The van der Waals surface area contributed by atoms with E-state index < -0.39 is 0 Å². The normalized spacial score (nSPS) is 10.3. The molecule has 0 unspecified atom stereocenters. The van der Waals surface area contributed by atoms with Crippen LogP contribution in [0.4, 0.5) is 5.69 Å². The van der Waals surface area contributed by atoms with Crippen molar-refractivity contribution >= 4 is 33.2 Å². The van der Waals surface area contributed by atoms with E-state index in [1.165, 1.54) is 12.4 Å². The number of nitrogen functional groups attached to an aromatic ring is 1. The van der Waals surface area contributed by atoms with E-state index in [-0.39, 0.29) is 0 Å². The zero-order chi connectivity index (χ0) is 12.4. The molecule has 0 spiro atoms. The van der Waals surface area contributed by atoms with Crippen molar-refractivity contribution in [1.29, 1.82) is 0 Å². The van der Waals surface area contributed by atoms with Crippen LogP contribution >= 0.6 is 27.5 Å². The molecule has 3 nitrogen and oxygen atoms in total. The number of aromatic nitrogens is 1. The molecule has 1 aromatic carbocycles. The van der Waals surface area contributed by atoms with E-state index in [1.54, 1.807) is 0 Å². The number of pyridine rings is 1. The van der Waals surface area contributed by atoms with Gasteiger partial charge in [-0.1, -0.05) is 33.6 Å². The molecular formula is C12H10BrClN2O. The smallest absolute Gasteiger partial charge is 0.172 e. The third-order valence-electron chi connectivity index (χ3n) is 2.24. The van der Waals surface area contributed by atoms with E-state index in [0.29, 0.717) is 22.2 Å². The predicted molar refractivity (Wildman–Crippen MR) is 72.6 cm³/mol. The van der Waals surface area contributed by atoms with E-state index in [1.807, 2.05) is 25.1 Å². The number of rotatable bonds is 2. The number of benzene rings is 1. The maximum absolute atomic E-state index is 5.99. The van der Waals surface area contributed by atoms with E-state index >= 15 is 0 Å². The summed E-state index contributed by atoms with van der Waals surface area (Å²) in [6, 6.07) is 5.76. The average Bonchev–Trinajstić information content (AvgIpc) is 2.28. The Morgan fingerprint density at radius 2 is 2.12 bits per heavy atom. The molecule has 0 saturated heterocycles. The van der Waals surface area contributed by atoms with Gasteiger partial charge in [0.2, 0.25) is 0 Å². The van der Waals surface area contributed by atoms with E-state index in [9.17, 15) is 0 Å². The lowest BCUT2D eigenvalue weighted by atomic mass is 10.2. The van der Waals surface area contributed by atoms with Crippen molar-refractivity contribution < 1.29 is 4.74 Å². The highest BCUT2D eigenvalue weighted by atomic mass is 79.9. The molecule has 17 heavy (non-hydrogen) atoms. The third-order valence-corrected chi connectivity index (χ3v) is 3.01. The van der Waals surface area contributed by atoms with Gasteiger partial charge in [-0.25, -0.2) is 0 Å². The van der Waals surface area contributed by atoms with Crippen LogP contribution < -0.4 is 10.5 Å². The number of nitrogens with two attached hydrogens (primary N) is 1. The average molecular weight is 314 g/mol. The molecule has 1 aromatic heterocycles. The van der Waals surface area contributed by atoms with Crippen molar-refractivity contribution in [2.24, 2.45) is 0 Å². The summed E-state index contributed by atoms with van der Waals surface area (Å²) >= 11 is 9.38. The van der Waals surface area contributed by atoms with Crippen molar-refractivity contribution in [1.82, 2.24) is 4.98 Å². The first-order chi connectivity index (χ1) is 8.08. The second-order valence-electron chi connectivity index (χ2n) is 3.55. The van der Waals surface area contributed by atoms with E-state index in [0.717, 1.165) is 10.0 Å². The highest BCUT2D eigenvalue weighted by Crippen LogP contribution is 2.35. The zero-order valence-corrected chi connectivity index (χ0v) is 11.4. The van der Waals surface area contributed by atoms with Crippen molar-refractivity contribution in [2.45, 2.75) is 6.92 Å². The van der Waals surface area contributed by atoms with Crippen molar-refractivity contribution in [3.05, 3.63) is 45.7 Å². The van der Waals surface area contributed by atoms with Crippen LogP contribution in [0.3, 0.4) is 0 Å². The first-order valence-corrected chi connectivity index (χ1v) is 6.08. The number of hydrogen-bond donors (Lipinski definition) is 1. The maximum Gasteiger partial charge on any atom is 0.172 e. The number of hydrogen-bond acceptors (Lipinski definition) is 3. The minimum absolute atomic E-state index is 0.393. The largest absolute Gasteiger partial charge is 0.453 e. The summed E-state index contributed by atoms with van der Waals surface area (Å²) in [4.78, 5) is 3.88. The summed E-state index contributed by atoms with van der Waals surface area (Å²) in [5, 5.41) is 0.393. The molecule has 2 rings (SSSR count). The van der Waals surface area contributed by atoms with Gasteiger partial charge in [-0.15, -0.1) is 0 Å². The maximum atomic E-state index is 5.99. The molecule has 0 aliphatic rings. The Bertz CT molecular complexity index is 540. The van der Waals surface area contributed by atoms with Gasteiger partial charge in [-0.2, -0.15) is 0 Å². The molecular weight excluding hydrogens is 304 g/mol. The molecule has 0 radical (unpaired) electrons. The van der Waals surface area contributed by atoms with Crippen molar-refractivity contribution in [3.63, 3.8) is 0 Å². The summed E-state index contributed by atoms with van der Waals surface area (Å²) in [5.74, 6) is 1.14. The molecule has 0 atom stereocenters. The van der Waals surface area contributed by atoms with E-state index in [2.05, 4.69) is 20.9 Å². The van der Waals surface area contributed by atoms with Crippen LogP contribution in [0.1, 0.15) is 5.56 Å². The van der Waals surface area contributed by atoms with Crippen LogP contribution in [-0.2, 0) is 0 Å². The highest BCUT2D eigenvalue weighted by Gasteiger charge is 2.09. The Kier molecular flexibility index (Phi) is 3.54. The Labute approximate surface area is 113 Å². The topological polar surface area (TPSA) is 48.1 Å². The summed E-state index contributed by atoms with van der Waals surface area (Å²) in [5.41, 5.74) is 7.19. The quantitative estimate of drug-likeness (QED) is 0.904. The molecule has 88 valence electrons. The van der Waals surface area contributed by atoms with Gasteiger partial charge >= 0.3 is 0 Å². The number of halogens is 2. The predicted octanol–water partition coefficient (Wildman–Crippen LogP) is 4.18. The second kappa shape index (κ2) is 4.94. The second-order valence-corrected chi connectivity index (χ2v) is 4.87. The van der Waals surface area contributed by atoms with Gasteiger partial charge in [-0.05, 0) is 24.6 Å². The van der Waals surface area contributed by atoms with E-state index in [4.69, 9.17) is 22.1 Å². The molecule has 0 aliphatic carbocycles. The van der Waals surface area contributed by atoms with Crippen LogP contribution in [0.15, 0.2) is 35.1 Å². The Morgan fingerprint density at radius 3 is 2.82 bits per heavy atom. The van der Waals surface area contributed by atoms with Gasteiger partial charge in [0.1, 0.15) is 10.8 Å². The zero-order valence-electron chi connectivity index (χ0n) is 9.08. The lowest BCUT2D eigenvalue weighted by molar-refractivity contribution is 0.480. The summed E-state index contributed by atoms with van der Waals surface area (Å²) in [6.07, 6.45) is 3.01. The number of ether oxygens (including phenoxy) is 1. The van der Waals surface area contributed by atoms with Gasteiger partial charge in [-0.3, -0.25) is 4.98 Å². The Morgan fingerprint density at radius 1 is 1.35 bits per heavy atom. The molecule has 0 aliphatic heterocycles. The van der Waals surface area contributed by atoms with Gasteiger partial charge in [0, 0.05) is 10.7 Å². The van der Waals surface area contributed by atoms with Crippen LogP contribution in [0, 0.1) is 6.92 Å². The fourth-order valence-electron chi connectivity index (χ4n) is 1.34. The molecule has 2 aromatic rings. The standard InChI is InChI=1S/C12H10BrClN2O/c1-7-2-3-8(13)4-11(7)17-12-9(14)5-16-6-10(12)15/h2-6H,15H2,1H3. The Balaban J connectivity index is 2.41. The van der Waals surface area contributed by atoms with Gasteiger partial charge in [0.05, 0.1) is 11.9 Å². The molecule has 0 amide bonds. The Hall–Kier alpha value is -1.26. The molecule has 1 heterocycles. The minimum atomic E-state index is 0.393. The number of nitrogens with zero attached hydrogens (tertiary/aromatic N) is 1. The van der Waals surface area contributed by atoms with Crippen LogP contribution in [-0.4, -0.2) is 4.98 Å². The minimum Gasteiger partial charge on any atom is -0.453 e. The summed E-state index contributed by atoms with van der Waals surface area (Å²) in [7, 11) is 0. The van der Waals surface area contributed by atoms with Gasteiger partial charge in [0.15, 0.2) is 5.75 Å². The fourth-order valence-corrected chi connectivity index (χ4v) is 1.88. The van der Waals surface area contributed by atoms with Crippen molar-refractivity contribution in [2.75, 3.05) is 5.73 Å². The monoisotopic (exact) mass is 312 g/mol. The molecule has 0 saturated carbocycles. The van der Waals surface area contributed by atoms with Crippen LogP contribution in [0.25, 0.3) is 0 Å². The molecule has 2 N–H and O–H groups in total. The van der Waals surface area contributed by atoms with Crippen LogP contribution in [0.5, 0.6) is 11.5 Å². The summed E-state index contributed by atoms with van der Waals surface area (Å²) < 4.78 is 6.66. The summed E-state index contributed by atoms with van der Waals surface area (Å²) in [6.45, 7) is 1.95. The number of aryl methyl sites for hydroxylation is 1. The number of anilines is 1. The van der Waals surface area contributed by atoms with Gasteiger partial charge in [0.25, 0.3) is 0 Å². The fraction of sp³-hybridized carbons (Fsp3) is 0.0833. The first-order valence-electron chi connectivity index (χ1n) is 4.91. The molecule has 5 heteroatoms. The van der Waals surface area contributed by atoms with Gasteiger partial charge < -0.3 is 10.5 Å². The molecule has 0 fully saturated rings. The third kappa shape index (κ3) is 2.70. The first kappa shape index (κ1) is 12.2. The van der Waals surface area contributed by atoms with Crippen molar-refractivity contribution in [3.8, 4) is 11.5 Å². The molecule has 0 bridgehead atoms. The highest BCUT2D eigenvalue weighted by molar-refractivity contribution is 9.10. The lowest BCUT2D eigenvalue weighted by Crippen LogP contribution is -1.95. The van der Waals surface area contributed by atoms with Crippen LogP contribution in [0.2, 0.25) is 5.02 Å².